The highest BCUT2D eigenvalue weighted by molar-refractivity contribution is 6.05. The van der Waals surface area contributed by atoms with E-state index in [-0.39, 0.29) is 5.91 Å². The summed E-state index contributed by atoms with van der Waals surface area (Å²) in [7, 11) is 5.60. The van der Waals surface area contributed by atoms with Crippen molar-refractivity contribution in [2.45, 2.75) is 13.1 Å². The lowest BCUT2D eigenvalue weighted by Crippen LogP contribution is -2.15. The molecule has 3 rings (SSSR count). The molecular weight excluding hydrogens is 366 g/mol. The van der Waals surface area contributed by atoms with Crippen LogP contribution in [0.2, 0.25) is 0 Å². The molecule has 0 spiro atoms. The Hall–Kier alpha value is -3.45. The van der Waals surface area contributed by atoms with Crippen molar-refractivity contribution < 1.29 is 9.53 Å². The van der Waals surface area contributed by atoms with Crippen molar-refractivity contribution in [2.75, 3.05) is 31.8 Å². The van der Waals surface area contributed by atoms with E-state index in [2.05, 4.69) is 25.5 Å². The number of carbonyl (C=O) groups is 1. The first-order valence-corrected chi connectivity index (χ1v) is 9.27. The van der Waals surface area contributed by atoms with Crippen LogP contribution in [0.15, 0.2) is 61.1 Å². The summed E-state index contributed by atoms with van der Waals surface area (Å²) in [6.07, 6.45) is 3.17. The minimum absolute atomic E-state index is 0.186. The second kappa shape index (κ2) is 9.66. The summed E-state index contributed by atoms with van der Waals surface area (Å²) in [5.74, 6) is 1.17. The van der Waals surface area contributed by atoms with Crippen LogP contribution in [0.1, 0.15) is 21.5 Å². The maximum absolute atomic E-state index is 12.8. The number of nitrogens with one attached hydrogen (secondary N) is 2. The average Bonchev–Trinajstić information content (AvgIpc) is 2.73. The van der Waals surface area contributed by atoms with Gasteiger partial charge in [0, 0.05) is 24.8 Å². The summed E-state index contributed by atoms with van der Waals surface area (Å²) in [4.78, 5) is 22.9. The van der Waals surface area contributed by atoms with Crippen LogP contribution in [0.5, 0.6) is 5.75 Å². The molecule has 2 aromatic carbocycles. The van der Waals surface area contributed by atoms with Gasteiger partial charge in [0.25, 0.3) is 5.91 Å². The number of carbonyl (C=O) groups excluding carboxylic acids is 1. The number of hydrogen-bond donors (Lipinski definition) is 2. The Bertz CT molecular complexity index is 960. The van der Waals surface area contributed by atoms with Gasteiger partial charge >= 0.3 is 0 Å². The molecule has 0 saturated carbocycles. The molecule has 1 heterocycles. The highest BCUT2D eigenvalue weighted by atomic mass is 16.5. The number of ether oxygens (including phenoxy) is 1. The third kappa shape index (κ3) is 5.76. The van der Waals surface area contributed by atoms with Gasteiger partial charge in [-0.1, -0.05) is 18.2 Å². The fourth-order valence-electron chi connectivity index (χ4n) is 2.92. The predicted octanol–water partition coefficient (Wildman–Crippen LogP) is 3.41. The van der Waals surface area contributed by atoms with E-state index in [0.717, 1.165) is 23.5 Å². The highest BCUT2D eigenvalue weighted by Gasteiger charge is 2.12. The third-order valence-corrected chi connectivity index (χ3v) is 4.26. The zero-order valence-electron chi connectivity index (χ0n) is 16.8. The van der Waals surface area contributed by atoms with Crippen LogP contribution in [-0.2, 0) is 13.1 Å². The highest BCUT2D eigenvalue weighted by Crippen LogP contribution is 2.26. The van der Waals surface area contributed by atoms with Crippen LogP contribution < -0.4 is 15.4 Å². The van der Waals surface area contributed by atoms with Crippen molar-refractivity contribution in [3.63, 3.8) is 0 Å². The molecule has 0 radical (unpaired) electrons. The first-order chi connectivity index (χ1) is 14.0. The van der Waals surface area contributed by atoms with Crippen molar-refractivity contribution in [2.24, 2.45) is 0 Å². The molecule has 0 fully saturated rings. The molecule has 150 valence electrons. The SMILES string of the molecule is COc1ccc(CN(C)C)cc1NC(=O)c1cccc(CNc2ccncn2)c1. The maximum atomic E-state index is 12.8. The van der Waals surface area contributed by atoms with Crippen molar-refractivity contribution in [1.29, 1.82) is 0 Å². The standard InChI is InChI=1S/C22H25N5O2/c1-27(2)14-17-7-8-20(29-3)19(12-17)26-22(28)18-6-4-5-16(11-18)13-24-21-9-10-23-15-25-21/h4-12,15H,13-14H2,1-3H3,(H,26,28)(H,23,24,25). The quantitative estimate of drug-likeness (QED) is 0.613. The predicted molar refractivity (Wildman–Crippen MR) is 114 cm³/mol. The Morgan fingerprint density at radius 2 is 1.97 bits per heavy atom. The van der Waals surface area contributed by atoms with Crippen LogP contribution in [0, 0.1) is 0 Å². The molecule has 3 aromatic rings. The summed E-state index contributed by atoms with van der Waals surface area (Å²) >= 11 is 0. The Morgan fingerprint density at radius 1 is 1.10 bits per heavy atom. The number of methoxy groups -OCH3 is 1. The summed E-state index contributed by atoms with van der Waals surface area (Å²) < 4.78 is 5.40. The Kier molecular flexibility index (Phi) is 6.76. The van der Waals surface area contributed by atoms with Crippen LogP contribution in [-0.4, -0.2) is 42.0 Å². The van der Waals surface area contributed by atoms with E-state index >= 15 is 0 Å². The molecule has 29 heavy (non-hydrogen) atoms. The van der Waals surface area contributed by atoms with Gasteiger partial charge in [-0.25, -0.2) is 9.97 Å². The topological polar surface area (TPSA) is 79.4 Å². The van der Waals surface area contributed by atoms with Gasteiger partial charge in [-0.3, -0.25) is 4.79 Å². The van der Waals surface area contributed by atoms with E-state index in [4.69, 9.17) is 4.74 Å². The number of benzene rings is 2. The average molecular weight is 391 g/mol. The summed E-state index contributed by atoms with van der Waals surface area (Å²) in [5.41, 5.74) is 3.30. The molecule has 1 aromatic heterocycles. The number of rotatable bonds is 8. The van der Waals surface area contributed by atoms with Crippen LogP contribution in [0.25, 0.3) is 0 Å². The van der Waals surface area contributed by atoms with Crippen LogP contribution >= 0.6 is 0 Å². The van der Waals surface area contributed by atoms with Gasteiger partial charge in [0.2, 0.25) is 0 Å². The van der Waals surface area contributed by atoms with Crippen LogP contribution in [0.3, 0.4) is 0 Å². The molecular formula is C22H25N5O2. The fourth-order valence-corrected chi connectivity index (χ4v) is 2.92. The molecule has 7 nitrogen and oxygen atoms in total. The smallest absolute Gasteiger partial charge is 0.255 e. The van der Waals surface area contributed by atoms with Crippen molar-refractivity contribution in [3.05, 3.63) is 77.7 Å². The molecule has 0 atom stereocenters. The molecule has 0 aliphatic rings. The monoisotopic (exact) mass is 391 g/mol. The zero-order valence-corrected chi connectivity index (χ0v) is 16.8. The largest absolute Gasteiger partial charge is 0.495 e. The Balaban J connectivity index is 1.72. The molecule has 0 saturated heterocycles. The molecule has 0 bridgehead atoms. The lowest BCUT2D eigenvalue weighted by atomic mass is 10.1. The second-order valence-electron chi connectivity index (χ2n) is 6.88. The molecule has 0 unspecified atom stereocenters. The van der Waals surface area contributed by atoms with Crippen molar-refractivity contribution >= 4 is 17.4 Å². The fraction of sp³-hybridized carbons (Fsp3) is 0.227. The van der Waals surface area contributed by atoms with E-state index in [1.54, 1.807) is 25.4 Å². The van der Waals surface area contributed by atoms with E-state index in [1.165, 1.54) is 6.33 Å². The number of anilines is 2. The van der Waals surface area contributed by atoms with Gasteiger partial charge < -0.3 is 20.3 Å². The van der Waals surface area contributed by atoms with Gasteiger partial charge in [-0.2, -0.15) is 0 Å². The van der Waals surface area contributed by atoms with Crippen molar-refractivity contribution in [3.8, 4) is 5.75 Å². The molecule has 1 amide bonds. The van der Waals surface area contributed by atoms with E-state index < -0.39 is 0 Å². The summed E-state index contributed by atoms with van der Waals surface area (Å²) in [6.45, 7) is 1.33. The summed E-state index contributed by atoms with van der Waals surface area (Å²) in [6, 6.07) is 15.1. The number of amides is 1. The summed E-state index contributed by atoms with van der Waals surface area (Å²) in [5, 5.41) is 6.18. The molecule has 0 aliphatic heterocycles. The van der Waals surface area contributed by atoms with Crippen LogP contribution in [0.4, 0.5) is 11.5 Å². The lowest BCUT2D eigenvalue weighted by Gasteiger charge is -2.15. The third-order valence-electron chi connectivity index (χ3n) is 4.26. The van der Waals surface area contributed by atoms with E-state index in [1.807, 2.05) is 50.5 Å². The Morgan fingerprint density at radius 3 is 2.69 bits per heavy atom. The van der Waals surface area contributed by atoms with Gasteiger partial charge in [-0.05, 0) is 55.6 Å². The van der Waals surface area contributed by atoms with Gasteiger partial charge in [0.15, 0.2) is 0 Å². The van der Waals surface area contributed by atoms with Gasteiger partial charge in [0.05, 0.1) is 12.8 Å². The number of hydrogen-bond acceptors (Lipinski definition) is 6. The van der Waals surface area contributed by atoms with Crippen molar-refractivity contribution in [1.82, 2.24) is 14.9 Å². The lowest BCUT2D eigenvalue weighted by molar-refractivity contribution is 0.102. The number of aromatic nitrogens is 2. The second-order valence-corrected chi connectivity index (χ2v) is 6.88. The Labute approximate surface area is 170 Å². The van der Waals surface area contributed by atoms with Gasteiger partial charge in [-0.15, -0.1) is 0 Å². The molecule has 0 aliphatic carbocycles. The first-order valence-electron chi connectivity index (χ1n) is 9.27. The number of nitrogens with zero attached hydrogens (tertiary/aromatic N) is 3. The maximum Gasteiger partial charge on any atom is 0.255 e. The molecule has 2 N–H and O–H groups in total. The van der Waals surface area contributed by atoms with E-state index in [0.29, 0.717) is 23.5 Å². The van der Waals surface area contributed by atoms with E-state index in [9.17, 15) is 4.79 Å². The first kappa shape index (κ1) is 20.3. The minimum Gasteiger partial charge on any atom is -0.495 e. The zero-order chi connectivity index (χ0) is 20.6. The molecule has 7 heteroatoms. The van der Waals surface area contributed by atoms with Gasteiger partial charge in [0.1, 0.15) is 17.9 Å². The minimum atomic E-state index is -0.186. The normalized spacial score (nSPS) is 10.6.